The summed E-state index contributed by atoms with van der Waals surface area (Å²) >= 11 is 18.3. The first-order valence-corrected chi connectivity index (χ1v) is 9.04. The standard InChI is InChI=1S/C19H15Cl3N2O2/c1-3-26-19(25)18-17(12-4-6-13(20)7-5-12)11(2)24(23-18)16-9-8-14(21)10-15(16)22/h4-10H,3H2,1-2H3. The minimum atomic E-state index is -0.496. The molecule has 7 heteroatoms. The summed E-state index contributed by atoms with van der Waals surface area (Å²) in [5, 5.41) is 6.03. The monoisotopic (exact) mass is 408 g/mol. The van der Waals surface area contributed by atoms with Crippen molar-refractivity contribution in [1.82, 2.24) is 9.78 Å². The number of hydrogen-bond acceptors (Lipinski definition) is 3. The maximum atomic E-state index is 12.5. The molecule has 134 valence electrons. The summed E-state index contributed by atoms with van der Waals surface area (Å²) in [5.41, 5.74) is 3.08. The number of aromatic nitrogens is 2. The molecule has 1 aromatic heterocycles. The number of carbonyl (C=O) groups is 1. The van der Waals surface area contributed by atoms with E-state index >= 15 is 0 Å². The normalized spacial score (nSPS) is 10.8. The number of halogens is 3. The van der Waals surface area contributed by atoms with Crippen LogP contribution in [0.5, 0.6) is 0 Å². The number of ether oxygens (including phenoxy) is 1. The maximum Gasteiger partial charge on any atom is 0.359 e. The zero-order valence-corrected chi connectivity index (χ0v) is 16.4. The van der Waals surface area contributed by atoms with Crippen molar-refractivity contribution >= 4 is 40.8 Å². The van der Waals surface area contributed by atoms with Crippen LogP contribution in [0.15, 0.2) is 42.5 Å². The third kappa shape index (κ3) is 3.58. The molecular formula is C19H15Cl3N2O2. The summed E-state index contributed by atoms with van der Waals surface area (Å²) in [6.07, 6.45) is 0. The van der Waals surface area contributed by atoms with Crippen molar-refractivity contribution in [3.8, 4) is 16.8 Å². The Morgan fingerprint density at radius 3 is 2.35 bits per heavy atom. The van der Waals surface area contributed by atoms with Crippen molar-refractivity contribution in [2.24, 2.45) is 0 Å². The lowest BCUT2D eigenvalue weighted by molar-refractivity contribution is 0.0520. The van der Waals surface area contributed by atoms with E-state index in [1.165, 1.54) is 0 Å². The molecule has 0 bridgehead atoms. The second-order valence-corrected chi connectivity index (χ2v) is 6.82. The molecule has 0 spiro atoms. The molecule has 0 atom stereocenters. The topological polar surface area (TPSA) is 44.1 Å². The molecule has 3 rings (SSSR count). The Balaban J connectivity index is 2.23. The minimum absolute atomic E-state index is 0.220. The Morgan fingerprint density at radius 1 is 1.08 bits per heavy atom. The van der Waals surface area contributed by atoms with E-state index < -0.39 is 5.97 Å². The number of esters is 1. The van der Waals surface area contributed by atoms with Crippen molar-refractivity contribution < 1.29 is 9.53 Å². The summed E-state index contributed by atoms with van der Waals surface area (Å²) in [7, 11) is 0. The predicted molar refractivity (Wildman–Crippen MR) is 105 cm³/mol. The van der Waals surface area contributed by atoms with Crippen LogP contribution in [0.4, 0.5) is 0 Å². The van der Waals surface area contributed by atoms with Crippen LogP contribution in [0.25, 0.3) is 16.8 Å². The fourth-order valence-electron chi connectivity index (χ4n) is 2.69. The molecule has 0 N–H and O–H groups in total. The van der Waals surface area contributed by atoms with Gasteiger partial charge in [-0.25, -0.2) is 9.48 Å². The Bertz CT molecular complexity index is 966. The van der Waals surface area contributed by atoms with E-state index in [0.29, 0.717) is 26.3 Å². The fourth-order valence-corrected chi connectivity index (χ4v) is 3.31. The third-order valence-electron chi connectivity index (χ3n) is 3.86. The van der Waals surface area contributed by atoms with Crippen LogP contribution in [0, 0.1) is 6.92 Å². The molecule has 0 unspecified atom stereocenters. The van der Waals surface area contributed by atoms with Crippen LogP contribution in [-0.4, -0.2) is 22.4 Å². The van der Waals surface area contributed by atoms with Gasteiger partial charge in [0.2, 0.25) is 0 Å². The molecule has 26 heavy (non-hydrogen) atoms. The molecule has 0 saturated carbocycles. The van der Waals surface area contributed by atoms with Crippen LogP contribution < -0.4 is 0 Å². The fraction of sp³-hybridized carbons (Fsp3) is 0.158. The van der Waals surface area contributed by atoms with Gasteiger partial charge in [0.15, 0.2) is 5.69 Å². The molecule has 4 nitrogen and oxygen atoms in total. The summed E-state index contributed by atoms with van der Waals surface area (Å²) in [6.45, 7) is 3.87. The van der Waals surface area contributed by atoms with Gasteiger partial charge in [-0.1, -0.05) is 46.9 Å². The number of nitrogens with zero attached hydrogens (tertiary/aromatic N) is 2. The molecule has 0 aliphatic rings. The molecule has 1 heterocycles. The second-order valence-electron chi connectivity index (χ2n) is 5.54. The number of benzene rings is 2. The van der Waals surface area contributed by atoms with Gasteiger partial charge >= 0.3 is 5.97 Å². The number of hydrogen-bond donors (Lipinski definition) is 0. The highest BCUT2D eigenvalue weighted by molar-refractivity contribution is 6.35. The lowest BCUT2D eigenvalue weighted by Gasteiger charge is -2.08. The summed E-state index contributed by atoms with van der Waals surface area (Å²) in [5.74, 6) is -0.496. The van der Waals surface area contributed by atoms with Gasteiger partial charge in [-0.15, -0.1) is 0 Å². The molecular weight excluding hydrogens is 395 g/mol. The van der Waals surface area contributed by atoms with E-state index in [2.05, 4.69) is 5.10 Å². The highest BCUT2D eigenvalue weighted by Crippen LogP contribution is 2.33. The third-order valence-corrected chi connectivity index (χ3v) is 4.65. The Hall–Kier alpha value is -2.01. The largest absolute Gasteiger partial charge is 0.461 e. The van der Waals surface area contributed by atoms with Crippen LogP contribution in [0.1, 0.15) is 23.1 Å². The smallest absolute Gasteiger partial charge is 0.359 e. The van der Waals surface area contributed by atoms with Crippen LogP contribution in [0.3, 0.4) is 0 Å². The highest BCUT2D eigenvalue weighted by atomic mass is 35.5. The van der Waals surface area contributed by atoms with Crippen LogP contribution >= 0.6 is 34.8 Å². The summed E-state index contributed by atoms with van der Waals surface area (Å²) < 4.78 is 6.79. The lowest BCUT2D eigenvalue weighted by Crippen LogP contribution is -2.08. The van der Waals surface area contributed by atoms with E-state index in [9.17, 15) is 4.79 Å². The van der Waals surface area contributed by atoms with Crippen molar-refractivity contribution in [3.63, 3.8) is 0 Å². The zero-order valence-electron chi connectivity index (χ0n) is 14.1. The first-order valence-electron chi connectivity index (χ1n) is 7.90. The van der Waals surface area contributed by atoms with E-state index in [1.807, 2.05) is 19.1 Å². The van der Waals surface area contributed by atoms with Gasteiger partial charge in [-0.05, 0) is 49.7 Å². The van der Waals surface area contributed by atoms with Gasteiger partial charge < -0.3 is 4.74 Å². The average Bonchev–Trinajstić information content (AvgIpc) is 2.93. The molecule has 0 amide bonds. The number of carbonyl (C=O) groups excluding carboxylic acids is 1. The van der Waals surface area contributed by atoms with Crippen LogP contribution in [0.2, 0.25) is 15.1 Å². The SMILES string of the molecule is CCOC(=O)c1nn(-c2ccc(Cl)cc2Cl)c(C)c1-c1ccc(Cl)cc1. The Kier molecular flexibility index (Phi) is 5.56. The Labute approximate surface area is 166 Å². The van der Waals surface area contributed by atoms with Crippen molar-refractivity contribution in [1.29, 1.82) is 0 Å². The van der Waals surface area contributed by atoms with Gasteiger partial charge in [0, 0.05) is 21.3 Å². The minimum Gasteiger partial charge on any atom is -0.461 e. The molecule has 3 aromatic rings. The van der Waals surface area contributed by atoms with Gasteiger partial charge in [0.25, 0.3) is 0 Å². The number of rotatable bonds is 4. The van der Waals surface area contributed by atoms with E-state index in [-0.39, 0.29) is 12.3 Å². The second kappa shape index (κ2) is 7.70. The quantitative estimate of drug-likeness (QED) is 0.497. The van der Waals surface area contributed by atoms with E-state index in [0.717, 1.165) is 11.3 Å². The van der Waals surface area contributed by atoms with Gasteiger partial charge in [-0.3, -0.25) is 0 Å². The highest BCUT2D eigenvalue weighted by Gasteiger charge is 2.24. The van der Waals surface area contributed by atoms with E-state index in [1.54, 1.807) is 41.9 Å². The van der Waals surface area contributed by atoms with Gasteiger partial charge in [0.05, 0.1) is 17.3 Å². The molecule has 0 fully saturated rings. The first-order chi connectivity index (χ1) is 12.4. The van der Waals surface area contributed by atoms with E-state index in [4.69, 9.17) is 39.5 Å². The average molecular weight is 410 g/mol. The predicted octanol–water partition coefficient (Wildman–Crippen LogP) is 5.98. The molecule has 0 aliphatic heterocycles. The maximum absolute atomic E-state index is 12.5. The van der Waals surface area contributed by atoms with Crippen molar-refractivity contribution in [3.05, 3.63) is 68.9 Å². The molecule has 2 aromatic carbocycles. The Morgan fingerprint density at radius 2 is 1.73 bits per heavy atom. The molecule has 0 radical (unpaired) electrons. The molecule has 0 saturated heterocycles. The van der Waals surface area contributed by atoms with Gasteiger partial charge in [-0.2, -0.15) is 5.10 Å². The first kappa shape index (κ1) is 18.8. The molecule has 0 aliphatic carbocycles. The van der Waals surface area contributed by atoms with Crippen molar-refractivity contribution in [2.45, 2.75) is 13.8 Å². The van der Waals surface area contributed by atoms with Gasteiger partial charge in [0.1, 0.15) is 0 Å². The summed E-state index contributed by atoms with van der Waals surface area (Å²) in [6, 6.07) is 12.3. The lowest BCUT2D eigenvalue weighted by atomic mass is 10.0. The van der Waals surface area contributed by atoms with Crippen molar-refractivity contribution in [2.75, 3.05) is 6.61 Å². The summed E-state index contributed by atoms with van der Waals surface area (Å²) in [4.78, 5) is 12.5. The van der Waals surface area contributed by atoms with Crippen LogP contribution in [-0.2, 0) is 4.74 Å². The zero-order chi connectivity index (χ0) is 18.8.